The molecule has 1 fully saturated rings. The van der Waals surface area contributed by atoms with E-state index >= 15 is 0 Å². The van der Waals surface area contributed by atoms with E-state index < -0.39 is 21.3 Å². The van der Waals surface area contributed by atoms with Gasteiger partial charge in [-0.05, 0) is 24.6 Å². The average molecular weight is 465 g/mol. The molecule has 3 aromatic rings. The van der Waals surface area contributed by atoms with Gasteiger partial charge in [-0.15, -0.1) is 5.10 Å². The standard InChI is InChI=1S/C20H25ClN6O3S/c1-20(2,3)19-23-16(12-31(28,29)30-14-8-9-22-10-14)17-18(24-19)27(26-25-17)11-13-6-4-5-7-15(13)21/h4-7,14,22H,8-12H2,1-3H3. The zero-order valence-electron chi connectivity index (χ0n) is 17.7. The van der Waals surface area contributed by atoms with Crippen LogP contribution >= 0.6 is 11.6 Å². The van der Waals surface area contributed by atoms with Gasteiger partial charge in [0.1, 0.15) is 11.6 Å². The number of benzene rings is 1. The van der Waals surface area contributed by atoms with E-state index in [1.54, 1.807) is 10.7 Å². The Labute approximate surface area is 186 Å². The molecule has 3 heterocycles. The molecule has 0 bridgehead atoms. The van der Waals surface area contributed by atoms with Gasteiger partial charge < -0.3 is 5.32 Å². The second kappa shape index (κ2) is 8.42. The van der Waals surface area contributed by atoms with Crippen molar-refractivity contribution in [2.75, 3.05) is 13.1 Å². The molecule has 1 unspecified atom stereocenters. The van der Waals surface area contributed by atoms with Crippen molar-refractivity contribution in [1.82, 2.24) is 30.3 Å². The van der Waals surface area contributed by atoms with Crippen LogP contribution in [0.15, 0.2) is 24.3 Å². The molecule has 0 aliphatic carbocycles. The quantitative estimate of drug-likeness (QED) is 0.553. The first kappa shape index (κ1) is 22.1. The number of rotatable bonds is 6. The monoisotopic (exact) mass is 464 g/mol. The van der Waals surface area contributed by atoms with Crippen LogP contribution in [0.2, 0.25) is 5.02 Å². The molecule has 1 atom stereocenters. The number of aromatic nitrogens is 5. The topological polar surface area (TPSA) is 112 Å². The van der Waals surface area contributed by atoms with E-state index in [1.165, 1.54) is 0 Å². The molecule has 4 rings (SSSR count). The van der Waals surface area contributed by atoms with Crippen molar-refractivity contribution in [2.45, 2.75) is 51.0 Å². The third kappa shape index (κ3) is 5.03. The summed E-state index contributed by atoms with van der Waals surface area (Å²) in [6.45, 7) is 7.51. The lowest BCUT2D eigenvalue weighted by Crippen LogP contribution is -2.23. The highest BCUT2D eigenvalue weighted by atomic mass is 35.5. The van der Waals surface area contributed by atoms with Crippen LogP contribution in [0.4, 0.5) is 0 Å². The minimum atomic E-state index is -3.86. The molecule has 166 valence electrons. The summed E-state index contributed by atoms with van der Waals surface area (Å²) in [5, 5.41) is 12.1. The van der Waals surface area contributed by atoms with Gasteiger partial charge in [-0.25, -0.2) is 14.6 Å². The van der Waals surface area contributed by atoms with Gasteiger partial charge in [-0.1, -0.05) is 55.8 Å². The average Bonchev–Trinajstić information content (AvgIpc) is 3.32. The Balaban J connectivity index is 1.74. The maximum Gasteiger partial charge on any atom is 0.273 e. The van der Waals surface area contributed by atoms with Crippen LogP contribution in [-0.4, -0.2) is 52.6 Å². The number of nitrogens with zero attached hydrogens (tertiary/aromatic N) is 5. The van der Waals surface area contributed by atoms with E-state index in [2.05, 4.69) is 25.6 Å². The van der Waals surface area contributed by atoms with Crippen LogP contribution in [-0.2, 0) is 32.0 Å². The van der Waals surface area contributed by atoms with Gasteiger partial charge >= 0.3 is 0 Å². The Bertz CT molecular complexity index is 1200. The highest BCUT2D eigenvalue weighted by Gasteiger charge is 2.28. The van der Waals surface area contributed by atoms with Gasteiger partial charge in [0.15, 0.2) is 11.2 Å². The van der Waals surface area contributed by atoms with Crippen LogP contribution < -0.4 is 5.32 Å². The molecule has 0 saturated carbocycles. The van der Waals surface area contributed by atoms with E-state index in [1.807, 2.05) is 39.0 Å². The van der Waals surface area contributed by atoms with Gasteiger partial charge in [-0.3, -0.25) is 4.18 Å². The summed E-state index contributed by atoms with van der Waals surface area (Å²) >= 11 is 6.30. The van der Waals surface area contributed by atoms with Crippen LogP contribution in [0.25, 0.3) is 11.2 Å². The smallest absolute Gasteiger partial charge is 0.273 e. The third-order valence-corrected chi connectivity index (χ3v) is 6.56. The minimum absolute atomic E-state index is 0.284. The molecule has 1 N–H and O–H groups in total. The fourth-order valence-electron chi connectivity index (χ4n) is 3.36. The van der Waals surface area contributed by atoms with Gasteiger partial charge in [0.2, 0.25) is 0 Å². The first-order valence-corrected chi connectivity index (χ1v) is 12.0. The predicted octanol–water partition coefficient (Wildman–Crippen LogP) is 2.43. The van der Waals surface area contributed by atoms with Gasteiger partial charge in [0, 0.05) is 17.0 Å². The number of halogens is 1. The first-order chi connectivity index (χ1) is 14.6. The maximum absolute atomic E-state index is 12.7. The zero-order valence-corrected chi connectivity index (χ0v) is 19.2. The Morgan fingerprint density at radius 1 is 1.26 bits per heavy atom. The maximum atomic E-state index is 12.7. The van der Waals surface area contributed by atoms with Crippen molar-refractivity contribution in [1.29, 1.82) is 0 Å². The van der Waals surface area contributed by atoms with Crippen LogP contribution in [0.3, 0.4) is 0 Å². The Morgan fingerprint density at radius 3 is 2.71 bits per heavy atom. The molecule has 31 heavy (non-hydrogen) atoms. The fraction of sp³-hybridized carbons (Fsp3) is 0.500. The Hall–Kier alpha value is -2.14. The molecule has 9 nitrogen and oxygen atoms in total. The molecular weight excluding hydrogens is 440 g/mol. The van der Waals surface area contributed by atoms with Crippen molar-refractivity contribution < 1.29 is 12.6 Å². The van der Waals surface area contributed by atoms with Crippen molar-refractivity contribution in [2.24, 2.45) is 0 Å². The van der Waals surface area contributed by atoms with Crippen molar-refractivity contribution in [3.8, 4) is 0 Å². The lowest BCUT2D eigenvalue weighted by Gasteiger charge is -2.18. The third-order valence-electron chi connectivity index (χ3n) is 5.00. The second-order valence-corrected chi connectivity index (χ2v) is 10.7. The summed E-state index contributed by atoms with van der Waals surface area (Å²) in [4.78, 5) is 9.21. The molecule has 0 radical (unpaired) electrons. The number of nitrogens with one attached hydrogen (secondary N) is 1. The lowest BCUT2D eigenvalue weighted by molar-refractivity contribution is 0.229. The zero-order chi connectivity index (χ0) is 22.2. The van der Waals surface area contributed by atoms with Gasteiger partial charge in [0.25, 0.3) is 10.1 Å². The summed E-state index contributed by atoms with van der Waals surface area (Å²) in [5.74, 6) is 0.117. The fourth-order valence-corrected chi connectivity index (χ4v) is 4.74. The first-order valence-electron chi connectivity index (χ1n) is 10.1. The van der Waals surface area contributed by atoms with Crippen LogP contribution in [0.5, 0.6) is 0 Å². The number of hydrogen-bond acceptors (Lipinski definition) is 8. The molecule has 0 amide bonds. The van der Waals surface area contributed by atoms with E-state index in [0.717, 1.165) is 12.1 Å². The van der Waals surface area contributed by atoms with Crippen molar-refractivity contribution >= 4 is 32.9 Å². The van der Waals surface area contributed by atoms with Gasteiger partial charge in [0.05, 0.1) is 18.3 Å². The van der Waals surface area contributed by atoms with Crippen molar-refractivity contribution in [3.05, 3.63) is 46.4 Å². The van der Waals surface area contributed by atoms with Crippen molar-refractivity contribution in [3.63, 3.8) is 0 Å². The lowest BCUT2D eigenvalue weighted by atomic mass is 9.95. The summed E-state index contributed by atoms with van der Waals surface area (Å²) in [5.41, 5.74) is 1.55. The molecule has 1 aromatic carbocycles. The highest BCUT2D eigenvalue weighted by molar-refractivity contribution is 7.85. The van der Waals surface area contributed by atoms with E-state index in [9.17, 15) is 8.42 Å². The summed E-state index contributed by atoms with van der Waals surface area (Å²) < 4.78 is 32.4. The molecule has 2 aromatic heterocycles. The minimum Gasteiger partial charge on any atom is -0.314 e. The second-order valence-electron chi connectivity index (χ2n) is 8.67. The number of hydrogen-bond donors (Lipinski definition) is 1. The van der Waals surface area contributed by atoms with E-state index in [0.29, 0.717) is 41.5 Å². The SMILES string of the molecule is CC(C)(C)c1nc(CS(=O)(=O)OC2CCNC2)c2nnn(Cc3ccccc3Cl)c2n1. The molecule has 11 heteroatoms. The van der Waals surface area contributed by atoms with Gasteiger partial charge in [-0.2, -0.15) is 8.42 Å². The van der Waals surface area contributed by atoms with E-state index in [4.69, 9.17) is 15.8 Å². The Kier molecular flexibility index (Phi) is 5.99. The summed E-state index contributed by atoms with van der Waals surface area (Å²) in [6, 6.07) is 7.45. The molecule has 1 saturated heterocycles. The van der Waals surface area contributed by atoms with E-state index in [-0.39, 0.29) is 11.8 Å². The van der Waals surface area contributed by atoms with Crippen LogP contribution in [0, 0.1) is 0 Å². The Morgan fingerprint density at radius 2 is 2.03 bits per heavy atom. The normalized spacial score (nSPS) is 17.5. The summed E-state index contributed by atoms with van der Waals surface area (Å²) in [7, 11) is -3.86. The molecule has 0 spiro atoms. The molecular formula is C20H25ClN6O3S. The molecule has 1 aliphatic heterocycles. The highest BCUT2D eigenvalue weighted by Crippen LogP contribution is 2.25. The molecule has 1 aliphatic rings. The predicted molar refractivity (Wildman–Crippen MR) is 117 cm³/mol. The number of fused-ring (bicyclic) bond motifs is 1. The largest absolute Gasteiger partial charge is 0.314 e. The van der Waals surface area contributed by atoms with Crippen LogP contribution in [0.1, 0.15) is 44.3 Å². The summed E-state index contributed by atoms with van der Waals surface area (Å²) in [6.07, 6.45) is 0.292.